The molecule has 1 aromatic heterocycles. The van der Waals surface area contributed by atoms with Crippen LogP contribution in [-0.4, -0.2) is 28.9 Å². The number of hydrogen-bond donors (Lipinski definition) is 0. The number of nitrogens with zero attached hydrogens (tertiary/aromatic N) is 2. The van der Waals surface area contributed by atoms with E-state index in [0.717, 1.165) is 0 Å². The van der Waals surface area contributed by atoms with Crippen LogP contribution in [0, 0.1) is 5.95 Å². The van der Waals surface area contributed by atoms with E-state index < -0.39 is 5.95 Å². The van der Waals surface area contributed by atoms with Crippen molar-refractivity contribution in [2.24, 2.45) is 0 Å². The number of amides is 1. The summed E-state index contributed by atoms with van der Waals surface area (Å²) in [5.74, 6) is -1.09. The van der Waals surface area contributed by atoms with E-state index in [2.05, 4.69) is 11.6 Å². The molecule has 1 aromatic rings. The zero-order chi connectivity index (χ0) is 11.3. The van der Waals surface area contributed by atoms with Gasteiger partial charge in [0.1, 0.15) is 0 Å². The largest absolute Gasteiger partial charge is 0.335 e. The van der Waals surface area contributed by atoms with Gasteiger partial charge in [0.2, 0.25) is 5.95 Å². The van der Waals surface area contributed by atoms with Gasteiger partial charge in [-0.2, -0.15) is 4.39 Å². The molecular weight excluding hydrogens is 195 g/mol. The van der Waals surface area contributed by atoms with Crippen molar-refractivity contribution in [3.63, 3.8) is 0 Å². The first-order valence-corrected chi connectivity index (χ1v) is 4.71. The molecule has 1 heterocycles. The van der Waals surface area contributed by atoms with Crippen molar-refractivity contribution in [1.82, 2.24) is 9.88 Å². The molecule has 0 unspecified atom stereocenters. The highest BCUT2D eigenvalue weighted by molar-refractivity contribution is 5.94. The summed E-state index contributed by atoms with van der Waals surface area (Å²) in [6.07, 6.45) is 2.92. The fourth-order valence-electron chi connectivity index (χ4n) is 1.23. The van der Waals surface area contributed by atoms with Crippen LogP contribution in [-0.2, 0) is 0 Å². The van der Waals surface area contributed by atoms with Crippen LogP contribution < -0.4 is 0 Å². The lowest BCUT2D eigenvalue weighted by molar-refractivity contribution is 0.0776. The zero-order valence-corrected chi connectivity index (χ0v) is 8.61. The molecule has 0 aliphatic heterocycles. The molecule has 1 rings (SSSR count). The molecule has 0 saturated heterocycles. The van der Waals surface area contributed by atoms with Gasteiger partial charge in [-0.1, -0.05) is 6.08 Å². The van der Waals surface area contributed by atoms with Gasteiger partial charge in [-0.05, 0) is 19.1 Å². The van der Waals surface area contributed by atoms with E-state index in [1.807, 2.05) is 6.92 Å². The number of carbonyl (C=O) groups is 1. The molecule has 4 heteroatoms. The highest BCUT2D eigenvalue weighted by Crippen LogP contribution is 2.07. The number of halogens is 1. The van der Waals surface area contributed by atoms with E-state index in [9.17, 15) is 9.18 Å². The Morgan fingerprint density at radius 1 is 1.73 bits per heavy atom. The minimum absolute atomic E-state index is 0.00111. The van der Waals surface area contributed by atoms with Crippen molar-refractivity contribution in [2.75, 3.05) is 13.1 Å². The number of rotatable bonds is 4. The lowest BCUT2D eigenvalue weighted by atomic mass is 10.2. The third-order valence-corrected chi connectivity index (χ3v) is 2.01. The minimum atomic E-state index is -0.731. The first-order valence-electron chi connectivity index (χ1n) is 4.71. The third-order valence-electron chi connectivity index (χ3n) is 2.01. The van der Waals surface area contributed by atoms with E-state index in [0.29, 0.717) is 13.1 Å². The number of likely N-dealkylation sites (N-methyl/N-ethyl adjacent to an activating group) is 1. The van der Waals surface area contributed by atoms with E-state index in [1.165, 1.54) is 23.2 Å². The van der Waals surface area contributed by atoms with Gasteiger partial charge in [0.05, 0.1) is 5.56 Å². The number of aromatic nitrogens is 1. The summed E-state index contributed by atoms with van der Waals surface area (Å²) >= 11 is 0. The Morgan fingerprint density at radius 2 is 2.47 bits per heavy atom. The SMILES string of the molecule is C=CCN(CC)C(=O)c1cccnc1F. The Kier molecular flexibility index (Phi) is 3.97. The Labute approximate surface area is 88.2 Å². The van der Waals surface area contributed by atoms with Crippen LogP contribution >= 0.6 is 0 Å². The highest BCUT2D eigenvalue weighted by Gasteiger charge is 2.16. The molecule has 0 aliphatic rings. The number of hydrogen-bond acceptors (Lipinski definition) is 2. The van der Waals surface area contributed by atoms with Gasteiger partial charge in [-0.25, -0.2) is 4.98 Å². The maximum atomic E-state index is 13.2. The molecule has 0 saturated carbocycles. The van der Waals surface area contributed by atoms with Crippen molar-refractivity contribution >= 4 is 5.91 Å². The zero-order valence-electron chi connectivity index (χ0n) is 8.61. The third kappa shape index (κ3) is 2.62. The molecule has 80 valence electrons. The Bertz CT molecular complexity index is 365. The molecular formula is C11H13FN2O. The Hall–Kier alpha value is -1.71. The standard InChI is InChI=1S/C11H13FN2O/c1-3-8-14(4-2)11(15)9-6-5-7-13-10(9)12/h3,5-7H,1,4,8H2,2H3. The molecule has 0 radical (unpaired) electrons. The molecule has 15 heavy (non-hydrogen) atoms. The van der Waals surface area contributed by atoms with Crippen molar-refractivity contribution in [1.29, 1.82) is 0 Å². The summed E-state index contributed by atoms with van der Waals surface area (Å²) in [6.45, 7) is 6.29. The van der Waals surface area contributed by atoms with Gasteiger partial charge in [-0.3, -0.25) is 4.79 Å². The van der Waals surface area contributed by atoms with Crippen LogP contribution in [0.3, 0.4) is 0 Å². The van der Waals surface area contributed by atoms with Gasteiger partial charge >= 0.3 is 0 Å². The first-order chi connectivity index (χ1) is 7.20. The molecule has 0 atom stereocenters. The van der Waals surface area contributed by atoms with E-state index in [1.54, 1.807) is 6.08 Å². The molecule has 1 amide bonds. The van der Waals surface area contributed by atoms with Crippen molar-refractivity contribution in [2.45, 2.75) is 6.92 Å². The maximum Gasteiger partial charge on any atom is 0.258 e. The Balaban J connectivity index is 2.92. The second-order valence-corrected chi connectivity index (χ2v) is 2.97. The summed E-state index contributed by atoms with van der Waals surface area (Å²) in [5.41, 5.74) is 0.00111. The summed E-state index contributed by atoms with van der Waals surface area (Å²) in [7, 11) is 0. The normalized spacial score (nSPS) is 9.73. The summed E-state index contributed by atoms with van der Waals surface area (Å²) in [5, 5.41) is 0. The molecule has 0 fully saturated rings. The van der Waals surface area contributed by atoms with Crippen LogP contribution in [0.5, 0.6) is 0 Å². The van der Waals surface area contributed by atoms with E-state index >= 15 is 0 Å². The summed E-state index contributed by atoms with van der Waals surface area (Å²) in [4.78, 5) is 16.7. The smallest absolute Gasteiger partial charge is 0.258 e. The minimum Gasteiger partial charge on any atom is -0.335 e. The van der Waals surface area contributed by atoms with E-state index in [4.69, 9.17) is 0 Å². The van der Waals surface area contributed by atoms with Crippen molar-refractivity contribution < 1.29 is 9.18 Å². The monoisotopic (exact) mass is 208 g/mol. The fraction of sp³-hybridized carbons (Fsp3) is 0.273. The topological polar surface area (TPSA) is 33.2 Å². The predicted octanol–water partition coefficient (Wildman–Crippen LogP) is 1.87. The molecule has 3 nitrogen and oxygen atoms in total. The average Bonchev–Trinajstić information content (AvgIpc) is 2.25. The number of carbonyl (C=O) groups excluding carboxylic acids is 1. The van der Waals surface area contributed by atoms with E-state index in [-0.39, 0.29) is 11.5 Å². The summed E-state index contributed by atoms with van der Waals surface area (Å²) < 4.78 is 13.2. The predicted molar refractivity (Wildman–Crippen MR) is 56.0 cm³/mol. The second-order valence-electron chi connectivity index (χ2n) is 2.97. The second kappa shape index (κ2) is 5.24. The van der Waals surface area contributed by atoms with Crippen molar-refractivity contribution in [3.05, 3.63) is 42.5 Å². The van der Waals surface area contributed by atoms with Gasteiger partial charge in [0, 0.05) is 19.3 Å². The molecule has 0 aromatic carbocycles. The van der Waals surface area contributed by atoms with Crippen LogP contribution in [0.2, 0.25) is 0 Å². The molecule has 0 aliphatic carbocycles. The highest BCUT2D eigenvalue weighted by atomic mass is 19.1. The van der Waals surface area contributed by atoms with Gasteiger partial charge in [0.25, 0.3) is 5.91 Å². The van der Waals surface area contributed by atoms with Gasteiger partial charge < -0.3 is 4.90 Å². The van der Waals surface area contributed by atoms with Crippen LogP contribution in [0.25, 0.3) is 0 Å². The first kappa shape index (κ1) is 11.4. The number of pyridine rings is 1. The summed E-state index contributed by atoms with van der Waals surface area (Å²) in [6, 6.07) is 2.97. The maximum absolute atomic E-state index is 13.2. The average molecular weight is 208 g/mol. The van der Waals surface area contributed by atoms with Gasteiger partial charge in [-0.15, -0.1) is 6.58 Å². The Morgan fingerprint density at radius 3 is 3.00 bits per heavy atom. The van der Waals surface area contributed by atoms with Crippen LogP contribution in [0.4, 0.5) is 4.39 Å². The molecule has 0 N–H and O–H groups in total. The molecule has 0 spiro atoms. The lowest BCUT2D eigenvalue weighted by Crippen LogP contribution is -2.31. The fourth-order valence-corrected chi connectivity index (χ4v) is 1.23. The quantitative estimate of drug-likeness (QED) is 0.559. The lowest BCUT2D eigenvalue weighted by Gasteiger charge is -2.18. The van der Waals surface area contributed by atoms with Crippen LogP contribution in [0.1, 0.15) is 17.3 Å². The molecule has 0 bridgehead atoms. The van der Waals surface area contributed by atoms with Crippen molar-refractivity contribution in [3.8, 4) is 0 Å². The van der Waals surface area contributed by atoms with Gasteiger partial charge in [0.15, 0.2) is 0 Å². The van der Waals surface area contributed by atoms with Crippen LogP contribution in [0.15, 0.2) is 31.0 Å².